The second-order valence-corrected chi connectivity index (χ2v) is 4.58. The van der Waals surface area contributed by atoms with Gasteiger partial charge in [0.1, 0.15) is 12.4 Å². The van der Waals surface area contributed by atoms with Gasteiger partial charge in [0.15, 0.2) is 0 Å². The molecular formula is C14H19N3O. The molecule has 4 nitrogen and oxygen atoms in total. The summed E-state index contributed by atoms with van der Waals surface area (Å²) in [6.07, 6.45) is 1.91. The quantitative estimate of drug-likeness (QED) is 0.899. The highest BCUT2D eigenvalue weighted by molar-refractivity contribution is 5.37. The summed E-state index contributed by atoms with van der Waals surface area (Å²) < 4.78 is 7.52. The maximum Gasteiger partial charge on any atom is 0.132 e. The van der Waals surface area contributed by atoms with Gasteiger partial charge in [0.25, 0.3) is 0 Å². The molecule has 1 aromatic heterocycles. The minimum absolute atomic E-state index is 0.0496. The van der Waals surface area contributed by atoms with Crippen LogP contribution in [0.3, 0.4) is 0 Å². The third-order valence-electron chi connectivity index (χ3n) is 2.87. The summed E-state index contributed by atoms with van der Waals surface area (Å²) in [7, 11) is 1.90. The van der Waals surface area contributed by atoms with Crippen molar-refractivity contribution in [3.8, 4) is 5.75 Å². The zero-order valence-corrected chi connectivity index (χ0v) is 11.1. The van der Waals surface area contributed by atoms with Crippen molar-refractivity contribution in [2.75, 3.05) is 0 Å². The van der Waals surface area contributed by atoms with Gasteiger partial charge in [-0.05, 0) is 37.1 Å². The molecule has 0 saturated carbocycles. The Labute approximate surface area is 107 Å². The number of hydrogen-bond acceptors (Lipinski definition) is 3. The Hall–Kier alpha value is -1.81. The first kappa shape index (κ1) is 12.6. The Morgan fingerprint density at radius 3 is 2.72 bits per heavy atom. The van der Waals surface area contributed by atoms with Gasteiger partial charge < -0.3 is 10.5 Å². The fraction of sp³-hybridized carbons (Fsp3) is 0.357. The third-order valence-corrected chi connectivity index (χ3v) is 2.87. The summed E-state index contributed by atoms with van der Waals surface area (Å²) in [5.74, 6) is 0.880. The van der Waals surface area contributed by atoms with Crippen LogP contribution in [0, 0.1) is 6.92 Å². The van der Waals surface area contributed by atoms with Crippen LogP contribution >= 0.6 is 0 Å². The van der Waals surface area contributed by atoms with Crippen molar-refractivity contribution in [3.63, 3.8) is 0 Å². The number of ether oxygens (including phenoxy) is 1. The SMILES string of the molecule is Cc1cc(C(C)N)ccc1OCc1ccn(C)n1. The van der Waals surface area contributed by atoms with Crippen molar-refractivity contribution in [1.82, 2.24) is 9.78 Å². The van der Waals surface area contributed by atoms with Gasteiger partial charge in [0, 0.05) is 19.3 Å². The van der Waals surface area contributed by atoms with Crippen molar-refractivity contribution in [2.24, 2.45) is 12.8 Å². The Morgan fingerprint density at radius 1 is 1.39 bits per heavy atom. The van der Waals surface area contributed by atoms with Gasteiger partial charge in [-0.3, -0.25) is 4.68 Å². The Kier molecular flexibility index (Phi) is 3.67. The van der Waals surface area contributed by atoms with Gasteiger partial charge in [-0.2, -0.15) is 5.10 Å². The lowest BCUT2D eigenvalue weighted by molar-refractivity contribution is 0.298. The monoisotopic (exact) mass is 245 g/mol. The first-order chi connectivity index (χ1) is 8.56. The van der Waals surface area contributed by atoms with E-state index in [4.69, 9.17) is 10.5 Å². The first-order valence-corrected chi connectivity index (χ1v) is 6.03. The highest BCUT2D eigenvalue weighted by atomic mass is 16.5. The molecule has 0 radical (unpaired) electrons. The van der Waals surface area contributed by atoms with Gasteiger partial charge >= 0.3 is 0 Å². The van der Waals surface area contributed by atoms with E-state index in [1.165, 1.54) is 0 Å². The highest BCUT2D eigenvalue weighted by Gasteiger charge is 2.05. The Balaban J connectivity index is 2.05. The fourth-order valence-corrected chi connectivity index (χ4v) is 1.81. The van der Waals surface area contributed by atoms with Crippen LogP contribution in [-0.2, 0) is 13.7 Å². The van der Waals surface area contributed by atoms with Gasteiger partial charge in [0.05, 0.1) is 5.69 Å². The maximum atomic E-state index is 5.85. The number of rotatable bonds is 4. The van der Waals surface area contributed by atoms with Crippen LogP contribution in [0.25, 0.3) is 0 Å². The molecule has 0 spiro atoms. The molecule has 2 rings (SSSR count). The molecule has 18 heavy (non-hydrogen) atoms. The van der Waals surface area contributed by atoms with Crippen molar-refractivity contribution >= 4 is 0 Å². The summed E-state index contributed by atoms with van der Waals surface area (Å²) in [6, 6.07) is 8.04. The number of aromatic nitrogens is 2. The molecule has 2 N–H and O–H groups in total. The van der Waals surface area contributed by atoms with E-state index < -0.39 is 0 Å². The zero-order chi connectivity index (χ0) is 13.1. The lowest BCUT2D eigenvalue weighted by Gasteiger charge is -2.11. The van der Waals surface area contributed by atoms with Crippen LogP contribution in [0.1, 0.15) is 29.8 Å². The van der Waals surface area contributed by atoms with Gasteiger partial charge in [-0.15, -0.1) is 0 Å². The van der Waals surface area contributed by atoms with Gasteiger partial charge in [0.2, 0.25) is 0 Å². The zero-order valence-electron chi connectivity index (χ0n) is 11.1. The Bertz CT molecular complexity index is 532. The summed E-state index contributed by atoms with van der Waals surface area (Å²) >= 11 is 0. The normalized spacial score (nSPS) is 12.4. The molecule has 1 heterocycles. The molecule has 0 saturated heterocycles. The molecule has 1 atom stereocenters. The van der Waals surface area contributed by atoms with Crippen LogP contribution in [0.2, 0.25) is 0 Å². The second kappa shape index (κ2) is 5.23. The summed E-state index contributed by atoms with van der Waals surface area (Å²) in [6.45, 7) is 4.49. The molecule has 0 fully saturated rings. The number of aryl methyl sites for hydroxylation is 2. The van der Waals surface area contributed by atoms with Crippen molar-refractivity contribution in [3.05, 3.63) is 47.3 Å². The van der Waals surface area contributed by atoms with E-state index in [1.807, 2.05) is 45.3 Å². The van der Waals surface area contributed by atoms with Gasteiger partial charge in [-0.25, -0.2) is 0 Å². The molecule has 0 aliphatic carbocycles. The number of benzene rings is 1. The van der Waals surface area contributed by atoms with Crippen LogP contribution in [-0.4, -0.2) is 9.78 Å². The smallest absolute Gasteiger partial charge is 0.132 e. The molecular weight excluding hydrogens is 226 g/mol. The highest BCUT2D eigenvalue weighted by Crippen LogP contribution is 2.22. The number of hydrogen-bond donors (Lipinski definition) is 1. The van der Waals surface area contributed by atoms with E-state index in [-0.39, 0.29) is 6.04 Å². The average Bonchev–Trinajstić information content (AvgIpc) is 2.73. The van der Waals surface area contributed by atoms with E-state index in [0.29, 0.717) is 6.61 Å². The topological polar surface area (TPSA) is 53.1 Å². The van der Waals surface area contributed by atoms with Crippen LogP contribution < -0.4 is 10.5 Å². The standard InChI is InChI=1S/C14H19N3O/c1-10-8-12(11(2)15)4-5-14(10)18-9-13-6-7-17(3)16-13/h4-8,11H,9,15H2,1-3H3. The second-order valence-electron chi connectivity index (χ2n) is 4.58. The van der Waals surface area contributed by atoms with E-state index >= 15 is 0 Å². The third kappa shape index (κ3) is 2.90. The van der Waals surface area contributed by atoms with Crippen molar-refractivity contribution in [1.29, 1.82) is 0 Å². The molecule has 0 aliphatic rings. The summed E-state index contributed by atoms with van der Waals surface area (Å²) in [5, 5.41) is 4.27. The van der Waals surface area contributed by atoms with E-state index in [1.54, 1.807) is 4.68 Å². The lowest BCUT2D eigenvalue weighted by atomic mass is 10.1. The summed E-state index contributed by atoms with van der Waals surface area (Å²) in [5.41, 5.74) is 8.99. The summed E-state index contributed by atoms with van der Waals surface area (Å²) in [4.78, 5) is 0. The minimum Gasteiger partial charge on any atom is -0.487 e. The maximum absolute atomic E-state index is 5.85. The molecule has 1 aromatic carbocycles. The average molecular weight is 245 g/mol. The van der Waals surface area contributed by atoms with Crippen LogP contribution in [0.4, 0.5) is 0 Å². The largest absolute Gasteiger partial charge is 0.487 e. The predicted octanol–water partition coefficient (Wildman–Crippen LogP) is 2.33. The predicted molar refractivity (Wildman–Crippen MR) is 71.3 cm³/mol. The number of nitrogens with zero attached hydrogens (tertiary/aromatic N) is 2. The van der Waals surface area contributed by atoms with E-state index in [0.717, 1.165) is 22.6 Å². The fourth-order valence-electron chi connectivity index (χ4n) is 1.81. The molecule has 0 aliphatic heterocycles. The van der Waals surface area contributed by atoms with Crippen LogP contribution in [0.5, 0.6) is 5.75 Å². The van der Waals surface area contributed by atoms with Crippen LogP contribution in [0.15, 0.2) is 30.5 Å². The van der Waals surface area contributed by atoms with Crippen molar-refractivity contribution in [2.45, 2.75) is 26.5 Å². The molecule has 0 amide bonds. The van der Waals surface area contributed by atoms with E-state index in [9.17, 15) is 0 Å². The molecule has 1 unspecified atom stereocenters. The molecule has 2 aromatic rings. The van der Waals surface area contributed by atoms with E-state index in [2.05, 4.69) is 11.2 Å². The molecule has 4 heteroatoms. The molecule has 96 valence electrons. The van der Waals surface area contributed by atoms with Gasteiger partial charge in [-0.1, -0.05) is 12.1 Å². The first-order valence-electron chi connectivity index (χ1n) is 6.03. The molecule has 0 bridgehead atoms. The van der Waals surface area contributed by atoms with Crippen molar-refractivity contribution < 1.29 is 4.74 Å². The lowest BCUT2D eigenvalue weighted by Crippen LogP contribution is -2.05. The Morgan fingerprint density at radius 2 is 2.17 bits per heavy atom. The minimum atomic E-state index is 0.0496. The number of nitrogens with two attached hydrogens (primary N) is 1.